The summed E-state index contributed by atoms with van der Waals surface area (Å²) in [6.45, 7) is 3.78. The van der Waals surface area contributed by atoms with Crippen molar-refractivity contribution in [1.29, 1.82) is 0 Å². The number of nitrogens with one attached hydrogen (secondary N) is 2. The number of nitrogens with two attached hydrogens (primary N) is 1. The molecule has 2 aromatic rings. The fraction of sp³-hybridized carbons (Fsp3) is 0.167. The number of benzene rings is 2. The highest BCUT2D eigenvalue weighted by molar-refractivity contribution is 7.79. The van der Waals surface area contributed by atoms with E-state index in [2.05, 4.69) is 17.2 Å². The van der Waals surface area contributed by atoms with Crippen LogP contribution in [0.3, 0.4) is 0 Å². The first-order valence-electron chi connectivity index (χ1n) is 9.52. The van der Waals surface area contributed by atoms with Crippen molar-refractivity contribution in [2.75, 3.05) is 26.6 Å². The molecule has 4 N–H and O–H groups in total. The standard InChI is InChI=1S/C24H27N3O3S/c1-5-16(14-26-2)21(15-31)22(25)24(28)23(17-9-7-6-8-10-17)27-18-11-19(29-3)13-20(12-18)30-4/h5-15,23,26-27H,1,25H2,2-4H3/b16-14+,22-21?. The Bertz CT molecular complexity index is 978. The first-order valence-corrected chi connectivity index (χ1v) is 10.00. The van der Waals surface area contributed by atoms with Crippen LogP contribution in [-0.2, 0) is 4.79 Å². The van der Waals surface area contributed by atoms with Crippen molar-refractivity contribution in [2.24, 2.45) is 5.73 Å². The second-order valence-corrected chi connectivity index (χ2v) is 6.73. The molecule has 0 fully saturated rings. The van der Waals surface area contributed by atoms with Crippen LogP contribution in [0.2, 0.25) is 0 Å². The number of ketones is 1. The topological polar surface area (TPSA) is 85.6 Å². The fourth-order valence-corrected chi connectivity index (χ4v) is 3.24. The number of anilines is 1. The molecule has 6 nitrogen and oxygen atoms in total. The van der Waals surface area contributed by atoms with Gasteiger partial charge in [0.2, 0.25) is 5.78 Å². The van der Waals surface area contributed by atoms with E-state index in [4.69, 9.17) is 27.4 Å². The maximum absolute atomic E-state index is 13.5. The number of carbonyl (C=O) groups is 1. The molecule has 0 bridgehead atoms. The molecule has 0 spiro atoms. The first kappa shape index (κ1) is 23.7. The van der Waals surface area contributed by atoms with Crippen molar-refractivity contribution in [3.63, 3.8) is 0 Å². The summed E-state index contributed by atoms with van der Waals surface area (Å²) in [6, 6.07) is 13.9. The van der Waals surface area contributed by atoms with Gasteiger partial charge in [0.1, 0.15) is 17.5 Å². The Morgan fingerprint density at radius 1 is 1.13 bits per heavy atom. The summed E-state index contributed by atoms with van der Waals surface area (Å²) < 4.78 is 10.7. The van der Waals surface area contributed by atoms with Gasteiger partial charge >= 0.3 is 0 Å². The maximum atomic E-state index is 13.5. The van der Waals surface area contributed by atoms with Gasteiger partial charge in [0, 0.05) is 48.1 Å². The van der Waals surface area contributed by atoms with E-state index in [1.807, 2.05) is 30.3 Å². The van der Waals surface area contributed by atoms with Crippen LogP contribution in [0.4, 0.5) is 5.69 Å². The summed E-state index contributed by atoms with van der Waals surface area (Å²) in [7, 11) is 4.87. The number of allylic oxidation sites excluding steroid dienone is 3. The average molecular weight is 438 g/mol. The molecular weight excluding hydrogens is 410 g/mol. The van der Waals surface area contributed by atoms with Gasteiger partial charge in [-0.15, -0.1) is 0 Å². The Morgan fingerprint density at radius 2 is 1.74 bits per heavy atom. The summed E-state index contributed by atoms with van der Waals surface area (Å²) in [4.78, 5) is 13.5. The lowest BCUT2D eigenvalue weighted by Crippen LogP contribution is -2.27. The van der Waals surface area contributed by atoms with E-state index in [0.717, 1.165) is 5.56 Å². The van der Waals surface area contributed by atoms with Crippen LogP contribution in [0, 0.1) is 0 Å². The number of thiocarbonyl (C=S) groups is 1. The van der Waals surface area contributed by atoms with E-state index >= 15 is 0 Å². The van der Waals surface area contributed by atoms with Crippen molar-refractivity contribution >= 4 is 29.1 Å². The molecule has 0 aliphatic heterocycles. The monoisotopic (exact) mass is 437 g/mol. The summed E-state index contributed by atoms with van der Waals surface area (Å²) in [6.07, 6.45) is 3.27. The molecule has 0 aromatic heterocycles. The normalized spacial score (nSPS) is 12.8. The van der Waals surface area contributed by atoms with Crippen molar-refractivity contribution < 1.29 is 14.3 Å². The number of carbonyl (C=O) groups excluding carboxylic acids is 1. The molecule has 0 amide bonds. The number of hydrogen-bond donors (Lipinski definition) is 3. The molecule has 2 aromatic carbocycles. The van der Waals surface area contributed by atoms with Crippen LogP contribution in [0.1, 0.15) is 11.6 Å². The Hall–Kier alpha value is -3.58. The molecule has 0 aliphatic carbocycles. The van der Waals surface area contributed by atoms with Gasteiger partial charge in [0.15, 0.2) is 0 Å². The predicted molar refractivity (Wildman–Crippen MR) is 130 cm³/mol. The molecule has 0 aliphatic rings. The highest BCUT2D eigenvalue weighted by atomic mass is 32.1. The van der Waals surface area contributed by atoms with E-state index in [1.165, 1.54) is 5.37 Å². The molecule has 2 rings (SSSR count). The summed E-state index contributed by atoms with van der Waals surface area (Å²) in [5.41, 5.74) is 8.79. The van der Waals surface area contributed by atoms with Gasteiger partial charge in [-0.2, -0.15) is 0 Å². The van der Waals surface area contributed by atoms with Gasteiger partial charge in [-0.3, -0.25) is 4.79 Å². The molecule has 0 heterocycles. The minimum Gasteiger partial charge on any atom is -0.497 e. The third-order valence-corrected chi connectivity index (χ3v) is 4.80. The molecular formula is C24H27N3O3S. The lowest BCUT2D eigenvalue weighted by atomic mass is 9.96. The van der Waals surface area contributed by atoms with E-state index in [0.29, 0.717) is 28.3 Å². The minimum atomic E-state index is -0.761. The van der Waals surface area contributed by atoms with E-state index < -0.39 is 6.04 Å². The van der Waals surface area contributed by atoms with Gasteiger partial charge in [-0.1, -0.05) is 55.2 Å². The summed E-state index contributed by atoms with van der Waals surface area (Å²) >= 11 is 5.14. The van der Waals surface area contributed by atoms with E-state index in [-0.39, 0.29) is 11.5 Å². The van der Waals surface area contributed by atoms with Crippen molar-refractivity contribution in [2.45, 2.75) is 6.04 Å². The van der Waals surface area contributed by atoms with Gasteiger partial charge in [-0.25, -0.2) is 0 Å². The van der Waals surface area contributed by atoms with Crippen LogP contribution < -0.4 is 25.8 Å². The highest BCUT2D eigenvalue weighted by Crippen LogP contribution is 2.30. The van der Waals surface area contributed by atoms with Crippen LogP contribution in [-0.4, -0.2) is 32.4 Å². The lowest BCUT2D eigenvalue weighted by Gasteiger charge is -2.21. The Morgan fingerprint density at radius 3 is 2.23 bits per heavy atom. The highest BCUT2D eigenvalue weighted by Gasteiger charge is 2.25. The molecule has 1 unspecified atom stereocenters. The molecule has 7 heteroatoms. The van der Waals surface area contributed by atoms with Gasteiger partial charge in [0.05, 0.1) is 19.9 Å². The van der Waals surface area contributed by atoms with Crippen LogP contribution in [0.15, 0.2) is 84.2 Å². The van der Waals surface area contributed by atoms with Gasteiger partial charge in [-0.05, 0) is 11.1 Å². The molecule has 162 valence electrons. The summed E-state index contributed by atoms with van der Waals surface area (Å²) in [5.74, 6) is 0.859. The van der Waals surface area contributed by atoms with Crippen LogP contribution in [0.5, 0.6) is 11.5 Å². The third-order valence-electron chi connectivity index (χ3n) is 4.56. The zero-order chi connectivity index (χ0) is 22.8. The van der Waals surface area contributed by atoms with Crippen molar-refractivity contribution in [1.82, 2.24) is 5.32 Å². The molecule has 0 saturated heterocycles. The Kier molecular flexibility index (Phi) is 8.84. The van der Waals surface area contributed by atoms with E-state index in [9.17, 15) is 4.79 Å². The van der Waals surface area contributed by atoms with Crippen LogP contribution in [0.25, 0.3) is 0 Å². The zero-order valence-electron chi connectivity index (χ0n) is 17.8. The largest absolute Gasteiger partial charge is 0.497 e. The average Bonchev–Trinajstić information content (AvgIpc) is 2.81. The molecule has 31 heavy (non-hydrogen) atoms. The number of hydrogen-bond acceptors (Lipinski definition) is 7. The van der Waals surface area contributed by atoms with Crippen molar-refractivity contribution in [3.05, 3.63) is 89.8 Å². The van der Waals surface area contributed by atoms with Crippen LogP contribution >= 0.6 is 12.2 Å². The smallest absolute Gasteiger partial charge is 0.205 e. The third kappa shape index (κ3) is 5.96. The molecule has 1 atom stereocenters. The van der Waals surface area contributed by atoms with Crippen molar-refractivity contribution in [3.8, 4) is 11.5 Å². The lowest BCUT2D eigenvalue weighted by molar-refractivity contribution is -0.116. The van der Waals surface area contributed by atoms with Gasteiger partial charge < -0.3 is 25.8 Å². The quantitative estimate of drug-likeness (QED) is 0.279. The zero-order valence-corrected chi connectivity index (χ0v) is 18.7. The second kappa shape index (κ2) is 11.6. The number of ether oxygens (including phenoxy) is 2. The first-order chi connectivity index (χ1) is 15.0. The Labute approximate surface area is 188 Å². The van der Waals surface area contributed by atoms with E-state index in [1.54, 1.807) is 51.7 Å². The Balaban J connectivity index is 2.56. The second-order valence-electron chi connectivity index (χ2n) is 6.49. The predicted octanol–water partition coefficient (Wildman–Crippen LogP) is 3.93. The minimum absolute atomic E-state index is 0.0348. The summed E-state index contributed by atoms with van der Waals surface area (Å²) in [5, 5.41) is 7.55. The maximum Gasteiger partial charge on any atom is 0.205 e. The molecule has 0 saturated carbocycles. The number of rotatable bonds is 11. The molecule has 0 radical (unpaired) electrons. The fourth-order valence-electron chi connectivity index (χ4n) is 2.98. The SMILES string of the molecule is C=C/C(=C\NC)C(C=S)=C(N)C(=O)C(Nc1cc(OC)cc(OC)c1)c1ccccc1. The number of methoxy groups -OCH3 is 2. The number of Topliss-reactive ketones (excluding diaryl/α,β-unsaturated/α-hetero) is 1. The van der Waals surface area contributed by atoms with Gasteiger partial charge in [0.25, 0.3) is 0 Å².